The van der Waals surface area contributed by atoms with Crippen LogP contribution < -0.4 is 10.6 Å². The molecule has 1 aromatic rings. The Bertz CT molecular complexity index is 518. The number of carbonyl (C=O) groups excluding carboxylic acids is 1. The molecular formula is C13H17N3O4. The van der Waals surface area contributed by atoms with E-state index in [1.54, 1.807) is 18.3 Å². The molecule has 1 amide bonds. The summed E-state index contributed by atoms with van der Waals surface area (Å²) < 4.78 is 0. The summed E-state index contributed by atoms with van der Waals surface area (Å²) in [5.74, 6) is 0.242. The molecule has 1 aliphatic heterocycles. The summed E-state index contributed by atoms with van der Waals surface area (Å²) in [5.41, 5.74) is -0.204. The van der Waals surface area contributed by atoms with Crippen molar-refractivity contribution in [2.45, 2.75) is 5.54 Å². The first-order valence-electron chi connectivity index (χ1n) is 6.19. The van der Waals surface area contributed by atoms with Gasteiger partial charge < -0.3 is 26.0 Å². The number of hydrogen-bond donors (Lipinski definition) is 5. The van der Waals surface area contributed by atoms with Crippen molar-refractivity contribution in [1.29, 1.82) is 0 Å². The lowest BCUT2D eigenvalue weighted by atomic mass is 10.0. The van der Waals surface area contributed by atoms with E-state index in [9.17, 15) is 20.1 Å². The molecule has 2 rings (SSSR count). The Morgan fingerprint density at radius 2 is 2.05 bits per heavy atom. The van der Waals surface area contributed by atoms with Crippen molar-refractivity contribution in [2.75, 3.05) is 31.7 Å². The van der Waals surface area contributed by atoms with E-state index in [-0.39, 0.29) is 6.54 Å². The molecule has 1 aliphatic rings. The van der Waals surface area contributed by atoms with Crippen molar-refractivity contribution in [1.82, 2.24) is 10.3 Å². The minimum absolute atomic E-state index is 0.286. The molecule has 108 valence electrons. The molecule has 0 unspecified atom stereocenters. The highest BCUT2D eigenvalue weighted by molar-refractivity contribution is 6.00. The van der Waals surface area contributed by atoms with Crippen molar-refractivity contribution in [2.24, 2.45) is 0 Å². The summed E-state index contributed by atoms with van der Waals surface area (Å²) in [5, 5.41) is 33.1. The lowest BCUT2D eigenvalue weighted by Gasteiger charge is -2.29. The maximum atomic E-state index is 12.1. The van der Waals surface area contributed by atoms with Gasteiger partial charge in [0.05, 0.1) is 19.8 Å². The van der Waals surface area contributed by atoms with E-state index >= 15 is 0 Å². The Morgan fingerprint density at radius 3 is 2.70 bits per heavy atom. The van der Waals surface area contributed by atoms with Gasteiger partial charge in [-0.2, -0.15) is 0 Å². The molecule has 0 aromatic carbocycles. The highest BCUT2D eigenvalue weighted by atomic mass is 16.3. The van der Waals surface area contributed by atoms with Crippen molar-refractivity contribution in [3.8, 4) is 0 Å². The number of amides is 1. The third-order valence-corrected chi connectivity index (χ3v) is 3.19. The van der Waals surface area contributed by atoms with E-state index in [1.165, 1.54) is 0 Å². The van der Waals surface area contributed by atoms with Gasteiger partial charge in [-0.3, -0.25) is 4.79 Å². The quantitative estimate of drug-likeness (QED) is 0.459. The molecule has 0 radical (unpaired) electrons. The zero-order valence-electron chi connectivity index (χ0n) is 10.8. The molecule has 1 aromatic heterocycles. The van der Waals surface area contributed by atoms with Crippen LogP contribution in [-0.4, -0.2) is 58.1 Å². The van der Waals surface area contributed by atoms with Crippen molar-refractivity contribution in [3.05, 3.63) is 29.5 Å². The predicted octanol–water partition coefficient (Wildman–Crippen LogP) is -1.28. The maximum Gasteiger partial charge on any atom is 0.249 e. The molecule has 0 saturated heterocycles. The van der Waals surface area contributed by atoms with E-state index < -0.39 is 31.3 Å². The Kier molecular flexibility index (Phi) is 4.33. The zero-order chi connectivity index (χ0) is 14.6. The number of aliphatic hydroxyl groups excluding tert-OH is 3. The first-order valence-corrected chi connectivity index (χ1v) is 6.19. The molecule has 5 N–H and O–H groups in total. The number of aromatic nitrogens is 1. The summed E-state index contributed by atoms with van der Waals surface area (Å²) in [4.78, 5) is 16.3. The molecule has 0 bridgehead atoms. The average Bonchev–Trinajstić information content (AvgIpc) is 2.52. The minimum atomic E-state index is -1.42. The first kappa shape index (κ1) is 14.4. The second-order valence-electron chi connectivity index (χ2n) is 4.67. The fourth-order valence-corrected chi connectivity index (χ4v) is 1.84. The van der Waals surface area contributed by atoms with Crippen LogP contribution in [0.25, 0.3) is 6.08 Å². The number of hydrogen-bond acceptors (Lipinski definition) is 6. The van der Waals surface area contributed by atoms with Crippen LogP contribution in [0, 0.1) is 0 Å². The van der Waals surface area contributed by atoms with E-state index in [0.717, 1.165) is 5.56 Å². The van der Waals surface area contributed by atoms with Crippen LogP contribution in [0.5, 0.6) is 0 Å². The monoisotopic (exact) mass is 279 g/mol. The second kappa shape index (κ2) is 6.00. The highest BCUT2D eigenvalue weighted by Gasteiger charge is 2.31. The topological polar surface area (TPSA) is 115 Å². The van der Waals surface area contributed by atoms with Gasteiger partial charge in [-0.15, -0.1) is 0 Å². The Balaban J connectivity index is 2.17. The minimum Gasteiger partial charge on any atom is -0.394 e. The normalized spacial score (nSPS) is 14.1. The fourth-order valence-electron chi connectivity index (χ4n) is 1.84. The predicted molar refractivity (Wildman–Crippen MR) is 72.8 cm³/mol. The van der Waals surface area contributed by atoms with Gasteiger partial charge in [0.1, 0.15) is 11.4 Å². The van der Waals surface area contributed by atoms with Gasteiger partial charge in [-0.25, -0.2) is 4.98 Å². The van der Waals surface area contributed by atoms with E-state index in [1.807, 2.05) is 6.07 Å². The van der Waals surface area contributed by atoms with Gasteiger partial charge in [0, 0.05) is 23.9 Å². The number of rotatable bonds is 5. The number of nitrogens with zero attached hydrogens (tertiary/aromatic N) is 1. The van der Waals surface area contributed by atoms with Crippen molar-refractivity contribution >= 4 is 17.8 Å². The number of nitrogens with one attached hydrogen (secondary N) is 2. The van der Waals surface area contributed by atoms with E-state index in [4.69, 9.17) is 0 Å². The highest BCUT2D eigenvalue weighted by Crippen LogP contribution is 2.21. The summed E-state index contributed by atoms with van der Waals surface area (Å²) in [6, 6.07) is 3.58. The van der Waals surface area contributed by atoms with Crippen LogP contribution in [0.1, 0.15) is 5.56 Å². The lowest BCUT2D eigenvalue weighted by Crippen LogP contribution is -2.57. The van der Waals surface area contributed by atoms with Crippen molar-refractivity contribution in [3.63, 3.8) is 0 Å². The summed E-state index contributed by atoms with van der Waals surface area (Å²) in [7, 11) is 0. The molecule has 20 heavy (non-hydrogen) atoms. The lowest BCUT2D eigenvalue weighted by molar-refractivity contribution is -0.121. The zero-order valence-corrected chi connectivity index (χ0v) is 10.8. The van der Waals surface area contributed by atoms with Crippen LogP contribution in [0.2, 0.25) is 0 Å². The number of carbonyl (C=O) groups is 1. The number of pyridine rings is 1. The third kappa shape index (κ3) is 2.79. The number of aliphatic hydroxyl groups is 3. The summed E-state index contributed by atoms with van der Waals surface area (Å²) >= 11 is 0. The molecule has 0 aliphatic carbocycles. The molecule has 0 spiro atoms. The SMILES string of the molecule is O=C(NC(CO)(CO)CO)C1=Cc2cccnc2NC1. The third-order valence-electron chi connectivity index (χ3n) is 3.19. The summed E-state index contributed by atoms with van der Waals surface area (Å²) in [6.45, 7) is -1.37. The molecular weight excluding hydrogens is 262 g/mol. The van der Waals surface area contributed by atoms with Crippen LogP contribution in [-0.2, 0) is 4.79 Å². The Hall–Kier alpha value is -1.96. The molecule has 0 fully saturated rings. The van der Waals surface area contributed by atoms with Gasteiger partial charge in [-0.1, -0.05) is 0 Å². The Labute approximate surface area is 116 Å². The largest absolute Gasteiger partial charge is 0.394 e. The van der Waals surface area contributed by atoms with Gasteiger partial charge in [0.25, 0.3) is 0 Å². The van der Waals surface area contributed by atoms with Crippen LogP contribution in [0.15, 0.2) is 23.9 Å². The smallest absolute Gasteiger partial charge is 0.249 e. The first-order chi connectivity index (χ1) is 9.64. The average molecular weight is 279 g/mol. The van der Waals surface area contributed by atoms with Crippen LogP contribution in [0.3, 0.4) is 0 Å². The van der Waals surface area contributed by atoms with Crippen LogP contribution >= 0.6 is 0 Å². The number of fused-ring (bicyclic) bond motifs is 1. The molecule has 2 heterocycles. The van der Waals surface area contributed by atoms with Crippen molar-refractivity contribution < 1.29 is 20.1 Å². The molecule has 0 atom stereocenters. The number of anilines is 1. The van der Waals surface area contributed by atoms with E-state index in [0.29, 0.717) is 11.4 Å². The molecule has 0 saturated carbocycles. The maximum absolute atomic E-state index is 12.1. The van der Waals surface area contributed by atoms with Gasteiger partial charge >= 0.3 is 0 Å². The van der Waals surface area contributed by atoms with Gasteiger partial charge in [0.15, 0.2) is 0 Å². The standard InChI is InChI=1S/C13H17N3O4/c17-6-13(7-18,8-19)16-12(20)10-4-9-2-1-3-14-11(9)15-5-10/h1-4,17-19H,5-8H2,(H,14,15)(H,16,20). The Morgan fingerprint density at radius 1 is 1.35 bits per heavy atom. The van der Waals surface area contributed by atoms with Gasteiger partial charge in [-0.05, 0) is 18.2 Å². The molecule has 7 heteroatoms. The van der Waals surface area contributed by atoms with Gasteiger partial charge in [0.2, 0.25) is 5.91 Å². The van der Waals surface area contributed by atoms with E-state index in [2.05, 4.69) is 15.6 Å². The second-order valence-corrected chi connectivity index (χ2v) is 4.67. The fraction of sp³-hybridized carbons (Fsp3) is 0.385. The molecule has 7 nitrogen and oxygen atoms in total. The van der Waals surface area contributed by atoms with Crippen LogP contribution in [0.4, 0.5) is 5.82 Å². The summed E-state index contributed by atoms with van der Waals surface area (Å²) in [6.07, 6.45) is 3.34.